The van der Waals surface area contributed by atoms with Gasteiger partial charge >= 0.3 is 5.97 Å². The van der Waals surface area contributed by atoms with Gasteiger partial charge in [0, 0.05) is 18.8 Å². The van der Waals surface area contributed by atoms with Crippen LogP contribution in [0.3, 0.4) is 0 Å². The van der Waals surface area contributed by atoms with E-state index < -0.39 is 39.0 Å². The van der Waals surface area contributed by atoms with Gasteiger partial charge in [0.25, 0.3) is 21.5 Å². The Morgan fingerprint density at radius 1 is 1.05 bits per heavy atom. The van der Waals surface area contributed by atoms with Crippen LogP contribution < -0.4 is 15.2 Å². The average molecular weight is 595 g/mol. The number of rotatable bonds is 7. The van der Waals surface area contributed by atoms with Gasteiger partial charge in [-0.1, -0.05) is 48.0 Å². The van der Waals surface area contributed by atoms with Crippen molar-refractivity contribution >= 4 is 44.9 Å². The van der Waals surface area contributed by atoms with Gasteiger partial charge in [0.2, 0.25) is 0 Å². The normalized spacial score (nSPS) is 14.5. The number of hydrogen-bond acceptors (Lipinski definition) is 6. The Balaban J connectivity index is 1.36. The van der Waals surface area contributed by atoms with Crippen molar-refractivity contribution < 1.29 is 22.7 Å². The van der Waals surface area contributed by atoms with Crippen LogP contribution in [0.2, 0.25) is 5.02 Å². The van der Waals surface area contributed by atoms with Gasteiger partial charge in [-0.25, -0.2) is 17.9 Å². The van der Waals surface area contributed by atoms with E-state index >= 15 is 0 Å². The van der Waals surface area contributed by atoms with Crippen LogP contribution in [-0.4, -0.2) is 42.3 Å². The van der Waals surface area contributed by atoms with Gasteiger partial charge < -0.3 is 9.64 Å². The maximum absolute atomic E-state index is 13.4. The maximum Gasteiger partial charge on any atom is 0.338 e. The predicted molar refractivity (Wildman–Crippen MR) is 155 cm³/mol. The molecule has 1 unspecified atom stereocenters. The number of amides is 1. The lowest BCUT2D eigenvalue weighted by Gasteiger charge is -2.22. The number of benzene rings is 3. The van der Waals surface area contributed by atoms with Crippen molar-refractivity contribution in [2.24, 2.45) is 7.05 Å². The van der Waals surface area contributed by atoms with E-state index in [0.29, 0.717) is 17.8 Å². The standard InChI is InChI=1S/C29H27ClN4O6S/c1-18-15-20-9-7-8-12-24(20)33(18)26(35)17-40-29(37)21-13-14-23(30)25(16-21)41(38,39)31-27-19(2)32(3)34(28(27)36)22-10-5-4-6-11-22/h4-14,16,18,31H,15,17H2,1-3H3. The Kier molecular flexibility index (Phi) is 7.50. The molecule has 1 N–H and O–H groups in total. The molecule has 2 heterocycles. The highest BCUT2D eigenvalue weighted by Crippen LogP contribution is 2.32. The van der Waals surface area contributed by atoms with Crippen molar-refractivity contribution in [3.05, 3.63) is 105 Å². The molecule has 3 aromatic carbocycles. The first-order valence-corrected chi connectivity index (χ1v) is 14.6. The molecular formula is C29H27ClN4O6S. The fourth-order valence-electron chi connectivity index (χ4n) is 4.94. The lowest BCUT2D eigenvalue weighted by molar-refractivity contribution is -0.122. The summed E-state index contributed by atoms with van der Waals surface area (Å²) >= 11 is 6.22. The molecule has 1 atom stereocenters. The first kappa shape index (κ1) is 28.2. The van der Waals surface area contributed by atoms with E-state index in [4.69, 9.17) is 16.3 Å². The number of fused-ring (bicyclic) bond motifs is 1. The number of nitrogens with zero attached hydrogens (tertiary/aromatic N) is 3. The summed E-state index contributed by atoms with van der Waals surface area (Å²) in [6, 6.07) is 19.8. The van der Waals surface area contributed by atoms with E-state index in [0.717, 1.165) is 17.3 Å². The molecule has 1 amide bonds. The Hall–Kier alpha value is -4.35. The molecule has 1 aromatic heterocycles. The number of anilines is 2. The Morgan fingerprint density at radius 3 is 2.46 bits per heavy atom. The topological polar surface area (TPSA) is 120 Å². The molecule has 212 valence electrons. The van der Waals surface area contributed by atoms with E-state index in [1.807, 2.05) is 31.2 Å². The van der Waals surface area contributed by atoms with Gasteiger partial charge in [-0.3, -0.25) is 19.0 Å². The lowest BCUT2D eigenvalue weighted by Crippen LogP contribution is -2.38. The summed E-state index contributed by atoms with van der Waals surface area (Å²) in [5.74, 6) is -1.29. The number of sulfonamides is 1. The molecule has 5 rings (SSSR count). The molecular weight excluding hydrogens is 568 g/mol. The lowest BCUT2D eigenvalue weighted by atomic mass is 10.1. The van der Waals surface area contributed by atoms with Crippen molar-refractivity contribution in [1.82, 2.24) is 9.36 Å². The molecule has 0 saturated heterocycles. The Labute approximate surface area is 241 Å². The average Bonchev–Trinajstić information content (AvgIpc) is 3.39. The highest BCUT2D eigenvalue weighted by atomic mass is 35.5. The smallest absolute Gasteiger partial charge is 0.338 e. The molecule has 12 heteroatoms. The van der Waals surface area contributed by atoms with Crippen LogP contribution in [0.15, 0.2) is 82.5 Å². The molecule has 1 aliphatic rings. The number of hydrogen-bond donors (Lipinski definition) is 1. The van der Waals surface area contributed by atoms with Gasteiger partial charge in [-0.2, -0.15) is 0 Å². The van der Waals surface area contributed by atoms with E-state index in [1.54, 1.807) is 49.2 Å². The van der Waals surface area contributed by atoms with Gasteiger partial charge in [0.15, 0.2) is 6.61 Å². The summed E-state index contributed by atoms with van der Waals surface area (Å²) in [6.45, 7) is 2.99. The Bertz CT molecular complexity index is 1830. The third-order valence-electron chi connectivity index (χ3n) is 7.05. The van der Waals surface area contributed by atoms with Crippen molar-refractivity contribution in [3.8, 4) is 5.69 Å². The quantitative estimate of drug-likeness (QED) is 0.322. The molecule has 0 fully saturated rings. The number of carbonyl (C=O) groups is 2. The van der Waals surface area contributed by atoms with Gasteiger partial charge in [0.05, 0.1) is 22.0 Å². The summed E-state index contributed by atoms with van der Waals surface area (Å²) in [4.78, 5) is 40.1. The number of carbonyl (C=O) groups excluding carboxylic acids is 2. The first-order valence-electron chi connectivity index (χ1n) is 12.7. The highest BCUT2D eigenvalue weighted by molar-refractivity contribution is 7.92. The minimum Gasteiger partial charge on any atom is -0.452 e. The van der Waals surface area contributed by atoms with Crippen molar-refractivity contribution in [3.63, 3.8) is 0 Å². The number of halogens is 1. The van der Waals surface area contributed by atoms with Gasteiger partial charge in [-0.05, 0) is 62.2 Å². The fourth-order valence-corrected chi connectivity index (χ4v) is 6.58. The van der Waals surface area contributed by atoms with Gasteiger partial charge in [0.1, 0.15) is 10.6 Å². The number of para-hydroxylation sites is 2. The number of nitrogens with one attached hydrogen (secondary N) is 1. The zero-order valence-electron chi connectivity index (χ0n) is 22.5. The summed E-state index contributed by atoms with van der Waals surface area (Å²) < 4.78 is 37.2. The van der Waals surface area contributed by atoms with Crippen LogP contribution in [0.5, 0.6) is 0 Å². The summed E-state index contributed by atoms with van der Waals surface area (Å²) in [7, 11) is -2.77. The Morgan fingerprint density at radius 2 is 1.73 bits per heavy atom. The molecule has 10 nitrogen and oxygen atoms in total. The molecule has 1 aliphatic heterocycles. The van der Waals surface area contributed by atoms with E-state index in [-0.39, 0.29) is 22.3 Å². The van der Waals surface area contributed by atoms with Crippen LogP contribution in [0.1, 0.15) is 28.5 Å². The summed E-state index contributed by atoms with van der Waals surface area (Å²) in [5, 5.41) is -0.162. The van der Waals surface area contributed by atoms with Crippen LogP contribution in [0.25, 0.3) is 5.69 Å². The fraction of sp³-hybridized carbons (Fsp3) is 0.207. The largest absolute Gasteiger partial charge is 0.452 e. The molecule has 0 aliphatic carbocycles. The third kappa shape index (κ3) is 5.25. The predicted octanol–water partition coefficient (Wildman–Crippen LogP) is 4.07. The molecule has 0 saturated carbocycles. The van der Waals surface area contributed by atoms with Crippen LogP contribution >= 0.6 is 11.6 Å². The molecule has 0 radical (unpaired) electrons. The van der Waals surface area contributed by atoms with Crippen LogP contribution in [-0.2, 0) is 33.0 Å². The molecule has 0 bridgehead atoms. The molecule has 4 aromatic rings. The zero-order valence-corrected chi connectivity index (χ0v) is 24.1. The second-order valence-corrected chi connectivity index (χ2v) is 11.8. The van der Waals surface area contributed by atoms with Crippen molar-refractivity contribution in [2.45, 2.75) is 31.2 Å². The third-order valence-corrected chi connectivity index (χ3v) is 8.88. The maximum atomic E-state index is 13.4. The SMILES string of the molecule is Cc1c(NS(=O)(=O)c2cc(C(=O)OCC(=O)N3c4ccccc4CC3C)ccc2Cl)c(=O)n(-c2ccccc2)n1C. The first-order chi connectivity index (χ1) is 19.5. The second-order valence-electron chi connectivity index (χ2n) is 9.71. The minimum absolute atomic E-state index is 0.0927. The van der Waals surface area contributed by atoms with E-state index in [1.165, 1.54) is 21.5 Å². The number of ether oxygens (including phenoxy) is 1. The second kappa shape index (κ2) is 10.9. The minimum atomic E-state index is -4.41. The van der Waals surface area contributed by atoms with Crippen LogP contribution in [0, 0.1) is 6.92 Å². The van der Waals surface area contributed by atoms with Crippen molar-refractivity contribution in [1.29, 1.82) is 0 Å². The zero-order chi connectivity index (χ0) is 29.5. The number of esters is 1. The molecule has 41 heavy (non-hydrogen) atoms. The van der Waals surface area contributed by atoms with Crippen molar-refractivity contribution in [2.75, 3.05) is 16.2 Å². The van der Waals surface area contributed by atoms with Crippen LogP contribution in [0.4, 0.5) is 11.4 Å². The van der Waals surface area contributed by atoms with E-state index in [2.05, 4.69) is 4.72 Å². The molecule has 0 spiro atoms. The highest BCUT2D eigenvalue weighted by Gasteiger charge is 2.31. The monoisotopic (exact) mass is 594 g/mol. The number of aromatic nitrogens is 2. The van der Waals surface area contributed by atoms with E-state index in [9.17, 15) is 22.8 Å². The summed E-state index contributed by atoms with van der Waals surface area (Å²) in [5.41, 5.74) is 1.86. The summed E-state index contributed by atoms with van der Waals surface area (Å²) in [6.07, 6.45) is 0.693. The van der Waals surface area contributed by atoms with Gasteiger partial charge in [-0.15, -0.1) is 0 Å².